The summed E-state index contributed by atoms with van der Waals surface area (Å²) >= 11 is 0. The lowest BCUT2D eigenvalue weighted by Gasteiger charge is -2.43. The number of ether oxygens (including phenoxy) is 1. The van der Waals surface area contributed by atoms with E-state index in [4.69, 9.17) is 9.84 Å². The second-order valence-electron chi connectivity index (χ2n) is 8.00. The van der Waals surface area contributed by atoms with Gasteiger partial charge in [0.25, 0.3) is 5.91 Å². The van der Waals surface area contributed by atoms with Crippen LogP contribution < -0.4 is 10.6 Å². The Kier molecular flexibility index (Phi) is 8.17. The van der Waals surface area contributed by atoms with Crippen molar-refractivity contribution in [2.45, 2.75) is 56.8 Å². The van der Waals surface area contributed by atoms with Crippen molar-refractivity contribution in [3.63, 3.8) is 0 Å². The molecule has 0 radical (unpaired) electrons. The first-order valence-corrected chi connectivity index (χ1v) is 10.9. The average Bonchev–Trinajstić information content (AvgIpc) is 2.94. The number of carbonyl (C=O) groups excluding carboxylic acids is 5. The van der Waals surface area contributed by atoms with Gasteiger partial charge in [-0.15, -0.1) is 0 Å². The molecule has 2 aliphatic heterocycles. The van der Waals surface area contributed by atoms with Crippen LogP contribution in [0.2, 0.25) is 0 Å². The van der Waals surface area contributed by atoms with E-state index < -0.39 is 48.4 Å². The van der Waals surface area contributed by atoms with Crippen LogP contribution in [0.25, 0.3) is 0 Å². The third kappa shape index (κ3) is 6.09. The fourth-order valence-corrected chi connectivity index (χ4v) is 3.91. The Balaban J connectivity index is 1.71. The van der Waals surface area contributed by atoms with Crippen molar-refractivity contribution in [2.24, 2.45) is 0 Å². The highest BCUT2D eigenvalue weighted by Gasteiger charge is 2.45. The molecule has 1 aromatic carbocycles. The van der Waals surface area contributed by atoms with E-state index in [1.54, 1.807) is 24.3 Å². The minimum Gasteiger partial charge on any atom is -0.481 e. The molecule has 2 fully saturated rings. The molecule has 0 aliphatic carbocycles. The molecular formula is C22H26N4O8. The van der Waals surface area contributed by atoms with Crippen molar-refractivity contribution in [1.29, 1.82) is 0 Å². The molecule has 2 heterocycles. The lowest BCUT2D eigenvalue weighted by Crippen LogP contribution is -2.64. The molecule has 0 aromatic heterocycles. The first kappa shape index (κ1) is 24.7. The number of hydrazine groups is 1. The number of fused-ring (bicyclic) bond motifs is 1. The molecule has 4 amide bonds. The summed E-state index contributed by atoms with van der Waals surface area (Å²) in [6.07, 6.45) is -0.541. The molecule has 0 unspecified atom stereocenters. The molecule has 3 atom stereocenters. The molecule has 34 heavy (non-hydrogen) atoms. The van der Waals surface area contributed by atoms with Crippen LogP contribution in [-0.2, 0) is 35.3 Å². The van der Waals surface area contributed by atoms with Crippen molar-refractivity contribution in [2.75, 3.05) is 6.54 Å². The summed E-state index contributed by atoms with van der Waals surface area (Å²) in [7, 11) is 0. The minimum atomic E-state index is -1.28. The standard InChI is InChI=1S/C22H26N4O8/c27-12-15(11-19(29)30)23-20(31)17-7-4-10-25-18(28)9-8-16(21(32)26(17)25)24-22(33)34-13-14-5-2-1-3-6-14/h1-3,5-6,12,15-17H,4,7-11,13H2,(H,23,31)(H,24,33)(H,29,30)/t15-,16-,17-/m0/s1. The number of benzene rings is 1. The third-order valence-electron chi connectivity index (χ3n) is 5.56. The fraction of sp³-hybridized carbons (Fsp3) is 0.455. The van der Waals surface area contributed by atoms with Crippen molar-refractivity contribution in [1.82, 2.24) is 20.7 Å². The quantitative estimate of drug-likeness (QED) is 0.442. The number of hydrogen-bond acceptors (Lipinski definition) is 7. The Morgan fingerprint density at radius 1 is 1.18 bits per heavy atom. The van der Waals surface area contributed by atoms with Gasteiger partial charge >= 0.3 is 12.1 Å². The monoisotopic (exact) mass is 474 g/mol. The SMILES string of the molecule is O=C[C@H](CC(=O)O)NC(=O)[C@@H]1CCCN2C(=O)CC[C@H](NC(=O)OCc3ccccc3)C(=O)N12. The number of carboxylic acid groups (broad SMARTS) is 1. The van der Waals surface area contributed by atoms with Crippen LogP contribution >= 0.6 is 0 Å². The molecule has 0 spiro atoms. The van der Waals surface area contributed by atoms with Gasteiger partial charge in [-0.1, -0.05) is 30.3 Å². The fourth-order valence-electron chi connectivity index (χ4n) is 3.91. The van der Waals surface area contributed by atoms with Crippen LogP contribution in [0.4, 0.5) is 4.79 Å². The molecule has 2 aliphatic rings. The number of alkyl carbamates (subject to hydrolysis) is 1. The van der Waals surface area contributed by atoms with Gasteiger partial charge in [-0.05, 0) is 24.8 Å². The number of nitrogens with zero attached hydrogens (tertiary/aromatic N) is 2. The lowest BCUT2D eigenvalue weighted by molar-refractivity contribution is -0.176. The lowest BCUT2D eigenvalue weighted by atomic mass is 10.0. The first-order chi connectivity index (χ1) is 16.3. The van der Waals surface area contributed by atoms with Crippen molar-refractivity contribution in [3.05, 3.63) is 35.9 Å². The number of amides is 4. The number of carbonyl (C=O) groups is 6. The number of rotatable bonds is 8. The van der Waals surface area contributed by atoms with Crippen LogP contribution in [0.5, 0.6) is 0 Å². The molecule has 12 heteroatoms. The zero-order valence-electron chi connectivity index (χ0n) is 18.3. The normalized spacial score (nSPS) is 21.1. The number of aliphatic carboxylic acids is 1. The van der Waals surface area contributed by atoms with Gasteiger partial charge in [-0.3, -0.25) is 24.2 Å². The Morgan fingerprint density at radius 2 is 1.91 bits per heavy atom. The van der Waals surface area contributed by atoms with E-state index in [0.717, 1.165) is 10.6 Å². The van der Waals surface area contributed by atoms with Crippen LogP contribution in [0.1, 0.15) is 37.7 Å². The molecule has 3 rings (SSSR count). The minimum absolute atomic E-state index is 0.00988. The van der Waals surface area contributed by atoms with Crippen molar-refractivity contribution >= 4 is 36.1 Å². The van der Waals surface area contributed by atoms with Gasteiger partial charge < -0.3 is 25.3 Å². The Morgan fingerprint density at radius 3 is 2.59 bits per heavy atom. The number of hydrogen-bond donors (Lipinski definition) is 3. The first-order valence-electron chi connectivity index (χ1n) is 10.9. The zero-order chi connectivity index (χ0) is 24.7. The molecule has 1 aromatic rings. The van der Waals surface area contributed by atoms with Gasteiger partial charge in [0.1, 0.15) is 25.0 Å². The van der Waals surface area contributed by atoms with E-state index in [1.165, 1.54) is 5.01 Å². The van der Waals surface area contributed by atoms with Gasteiger partial charge in [0.05, 0.1) is 12.5 Å². The third-order valence-corrected chi connectivity index (χ3v) is 5.56. The van der Waals surface area contributed by atoms with Crippen LogP contribution in [-0.4, -0.2) is 75.9 Å². The van der Waals surface area contributed by atoms with Crippen LogP contribution in [0.3, 0.4) is 0 Å². The number of carboxylic acids is 1. The largest absolute Gasteiger partial charge is 0.481 e. The van der Waals surface area contributed by atoms with E-state index in [0.29, 0.717) is 12.7 Å². The van der Waals surface area contributed by atoms with Gasteiger partial charge in [-0.2, -0.15) is 0 Å². The summed E-state index contributed by atoms with van der Waals surface area (Å²) in [5.41, 5.74) is 0.755. The van der Waals surface area contributed by atoms with Gasteiger partial charge in [0, 0.05) is 13.0 Å². The topological polar surface area (TPSA) is 162 Å². The Bertz CT molecular complexity index is 953. The predicted molar refractivity (Wildman–Crippen MR) is 115 cm³/mol. The van der Waals surface area contributed by atoms with Crippen LogP contribution in [0.15, 0.2) is 30.3 Å². The van der Waals surface area contributed by atoms with E-state index in [2.05, 4.69) is 10.6 Å². The summed E-state index contributed by atoms with van der Waals surface area (Å²) in [6, 6.07) is 5.43. The maximum Gasteiger partial charge on any atom is 0.408 e. The summed E-state index contributed by atoms with van der Waals surface area (Å²) < 4.78 is 5.17. The highest BCUT2D eigenvalue weighted by atomic mass is 16.5. The Labute approximate surface area is 195 Å². The maximum absolute atomic E-state index is 13.3. The molecule has 0 bridgehead atoms. The smallest absolute Gasteiger partial charge is 0.408 e. The maximum atomic E-state index is 13.3. The summed E-state index contributed by atoms with van der Waals surface area (Å²) in [5.74, 6) is -3.08. The van der Waals surface area contributed by atoms with Crippen molar-refractivity contribution in [3.8, 4) is 0 Å². The molecule has 3 N–H and O–H groups in total. The molecule has 12 nitrogen and oxygen atoms in total. The van der Waals surface area contributed by atoms with E-state index >= 15 is 0 Å². The van der Waals surface area contributed by atoms with E-state index in [-0.39, 0.29) is 38.3 Å². The molecular weight excluding hydrogens is 448 g/mol. The van der Waals surface area contributed by atoms with E-state index in [1.807, 2.05) is 6.07 Å². The zero-order valence-corrected chi connectivity index (χ0v) is 18.3. The summed E-state index contributed by atoms with van der Waals surface area (Å²) in [5, 5.41) is 15.9. The molecule has 182 valence electrons. The van der Waals surface area contributed by atoms with Crippen molar-refractivity contribution < 1.29 is 38.6 Å². The van der Waals surface area contributed by atoms with E-state index in [9.17, 15) is 28.8 Å². The number of nitrogens with one attached hydrogen (secondary N) is 2. The highest BCUT2D eigenvalue weighted by molar-refractivity contribution is 5.95. The number of aldehydes is 1. The Hall–Kier alpha value is -3.96. The summed E-state index contributed by atoms with van der Waals surface area (Å²) in [6.45, 7) is 0.204. The molecule has 2 saturated heterocycles. The van der Waals surface area contributed by atoms with Gasteiger partial charge in [-0.25, -0.2) is 9.80 Å². The van der Waals surface area contributed by atoms with Crippen LogP contribution in [0, 0.1) is 0 Å². The van der Waals surface area contributed by atoms with Gasteiger partial charge in [0.2, 0.25) is 11.8 Å². The molecule has 0 saturated carbocycles. The second-order valence-corrected chi connectivity index (χ2v) is 8.00. The van der Waals surface area contributed by atoms with Gasteiger partial charge in [0.15, 0.2) is 0 Å². The second kappa shape index (κ2) is 11.3. The highest BCUT2D eigenvalue weighted by Crippen LogP contribution is 2.25. The summed E-state index contributed by atoms with van der Waals surface area (Å²) in [4.78, 5) is 73.2. The predicted octanol–water partition coefficient (Wildman–Crippen LogP) is -0.0318. The average molecular weight is 474 g/mol.